The molecular formula is C11H13BrN4O2. The number of pyridine rings is 1. The Morgan fingerprint density at radius 3 is 2.78 bits per heavy atom. The maximum Gasteiger partial charge on any atom is 0.414 e. The van der Waals surface area contributed by atoms with Crippen molar-refractivity contribution in [2.24, 2.45) is 0 Å². The first-order valence-electron chi connectivity index (χ1n) is 5.36. The topological polar surface area (TPSA) is 68.5 Å². The number of hydrogen-bond donors (Lipinski definition) is 1. The SMILES string of the molecule is CC(C)(C)OC(=O)Nc1nc2cccc(Br)n2n1. The third-order valence-corrected chi connectivity index (χ3v) is 2.53. The fourth-order valence-corrected chi connectivity index (χ4v) is 1.73. The van der Waals surface area contributed by atoms with Gasteiger partial charge in [-0.25, -0.2) is 9.31 Å². The zero-order valence-corrected chi connectivity index (χ0v) is 11.9. The maximum atomic E-state index is 11.6. The molecule has 6 nitrogen and oxygen atoms in total. The molecule has 0 aliphatic rings. The number of aromatic nitrogens is 3. The van der Waals surface area contributed by atoms with Crippen LogP contribution >= 0.6 is 15.9 Å². The minimum absolute atomic E-state index is 0.205. The molecule has 2 heterocycles. The summed E-state index contributed by atoms with van der Waals surface area (Å²) >= 11 is 3.34. The van der Waals surface area contributed by atoms with Gasteiger partial charge in [0, 0.05) is 0 Å². The van der Waals surface area contributed by atoms with Crippen molar-refractivity contribution in [1.29, 1.82) is 0 Å². The zero-order chi connectivity index (χ0) is 13.3. The van der Waals surface area contributed by atoms with E-state index in [4.69, 9.17) is 4.74 Å². The van der Waals surface area contributed by atoms with E-state index in [1.165, 1.54) is 0 Å². The van der Waals surface area contributed by atoms with E-state index in [1.807, 2.05) is 12.1 Å². The molecule has 96 valence electrons. The quantitative estimate of drug-likeness (QED) is 0.822. The van der Waals surface area contributed by atoms with Crippen LogP contribution in [0.5, 0.6) is 0 Å². The predicted molar refractivity (Wildman–Crippen MR) is 70.5 cm³/mol. The van der Waals surface area contributed by atoms with Gasteiger partial charge in [0.25, 0.3) is 5.95 Å². The van der Waals surface area contributed by atoms with Crippen LogP contribution in [0.4, 0.5) is 10.7 Å². The number of fused-ring (bicyclic) bond motifs is 1. The standard InChI is InChI=1S/C11H13BrN4O2/c1-11(2,3)18-10(17)14-9-13-8-6-4-5-7(12)16(8)15-9/h4-6H,1-3H3,(H,14,15,17). The predicted octanol–water partition coefficient (Wildman–Crippen LogP) is 2.84. The summed E-state index contributed by atoms with van der Waals surface area (Å²) in [6.45, 7) is 5.38. The normalized spacial score (nSPS) is 11.6. The van der Waals surface area contributed by atoms with Crippen LogP contribution < -0.4 is 5.32 Å². The van der Waals surface area contributed by atoms with Crippen LogP contribution in [0.1, 0.15) is 20.8 Å². The minimum Gasteiger partial charge on any atom is -0.444 e. The van der Waals surface area contributed by atoms with Gasteiger partial charge in [-0.1, -0.05) is 6.07 Å². The largest absolute Gasteiger partial charge is 0.444 e. The van der Waals surface area contributed by atoms with E-state index >= 15 is 0 Å². The first kappa shape index (κ1) is 12.8. The number of anilines is 1. The van der Waals surface area contributed by atoms with E-state index in [9.17, 15) is 4.79 Å². The fourth-order valence-electron chi connectivity index (χ4n) is 1.32. The molecule has 0 bridgehead atoms. The second-order valence-corrected chi connectivity index (χ2v) is 5.49. The van der Waals surface area contributed by atoms with Crippen molar-refractivity contribution in [3.8, 4) is 0 Å². The molecule has 7 heteroatoms. The van der Waals surface area contributed by atoms with Gasteiger partial charge in [0.05, 0.1) is 0 Å². The van der Waals surface area contributed by atoms with Gasteiger partial charge in [0.2, 0.25) is 0 Å². The van der Waals surface area contributed by atoms with Crippen LogP contribution in [0.3, 0.4) is 0 Å². The summed E-state index contributed by atoms with van der Waals surface area (Å²) in [5.41, 5.74) is 0.0829. The smallest absolute Gasteiger partial charge is 0.414 e. The zero-order valence-electron chi connectivity index (χ0n) is 10.3. The van der Waals surface area contributed by atoms with Crippen molar-refractivity contribution in [2.45, 2.75) is 26.4 Å². The molecular weight excluding hydrogens is 300 g/mol. The van der Waals surface area contributed by atoms with Gasteiger partial charge in [-0.15, -0.1) is 5.10 Å². The number of rotatable bonds is 1. The Kier molecular flexibility index (Phi) is 3.25. The summed E-state index contributed by atoms with van der Waals surface area (Å²) in [5, 5.41) is 6.62. The van der Waals surface area contributed by atoms with Crippen molar-refractivity contribution < 1.29 is 9.53 Å². The molecule has 1 amide bonds. The Labute approximate surface area is 112 Å². The molecule has 0 aliphatic heterocycles. The molecule has 2 aromatic rings. The van der Waals surface area contributed by atoms with Gasteiger partial charge < -0.3 is 4.74 Å². The van der Waals surface area contributed by atoms with Crippen LogP contribution in [-0.2, 0) is 4.74 Å². The fraction of sp³-hybridized carbons (Fsp3) is 0.364. The second kappa shape index (κ2) is 4.56. The van der Waals surface area contributed by atoms with Gasteiger partial charge in [-0.3, -0.25) is 5.32 Å². The first-order chi connectivity index (χ1) is 8.35. The molecule has 0 spiro atoms. The van der Waals surface area contributed by atoms with Crippen molar-refractivity contribution >= 4 is 33.6 Å². The van der Waals surface area contributed by atoms with Crippen molar-refractivity contribution in [3.63, 3.8) is 0 Å². The van der Waals surface area contributed by atoms with Gasteiger partial charge in [0.1, 0.15) is 10.2 Å². The summed E-state index contributed by atoms with van der Waals surface area (Å²) in [4.78, 5) is 15.7. The lowest BCUT2D eigenvalue weighted by Gasteiger charge is -2.18. The highest BCUT2D eigenvalue weighted by Gasteiger charge is 2.17. The third-order valence-electron chi connectivity index (χ3n) is 1.93. The van der Waals surface area contributed by atoms with Crippen LogP contribution in [0, 0.1) is 0 Å². The molecule has 0 fully saturated rings. The molecule has 1 N–H and O–H groups in total. The first-order valence-corrected chi connectivity index (χ1v) is 6.16. The Morgan fingerprint density at radius 1 is 1.44 bits per heavy atom. The second-order valence-electron chi connectivity index (χ2n) is 4.68. The molecule has 18 heavy (non-hydrogen) atoms. The van der Waals surface area contributed by atoms with Gasteiger partial charge in [0.15, 0.2) is 5.65 Å². The number of carbonyl (C=O) groups is 1. The van der Waals surface area contributed by atoms with Crippen LogP contribution in [0.25, 0.3) is 5.65 Å². The maximum absolute atomic E-state index is 11.6. The third kappa shape index (κ3) is 2.98. The number of carbonyl (C=O) groups excluding carboxylic acids is 1. The molecule has 0 radical (unpaired) electrons. The van der Waals surface area contributed by atoms with E-state index < -0.39 is 11.7 Å². The van der Waals surface area contributed by atoms with Gasteiger partial charge in [-0.2, -0.15) is 4.98 Å². The highest BCUT2D eigenvalue weighted by molar-refractivity contribution is 9.10. The summed E-state index contributed by atoms with van der Waals surface area (Å²) in [6, 6.07) is 5.46. The molecule has 0 unspecified atom stereocenters. The van der Waals surface area contributed by atoms with Gasteiger partial charge in [-0.05, 0) is 48.8 Å². The average Bonchev–Trinajstić information content (AvgIpc) is 2.58. The lowest BCUT2D eigenvalue weighted by Crippen LogP contribution is -2.27. The van der Waals surface area contributed by atoms with Crippen LogP contribution in [0.2, 0.25) is 0 Å². The Morgan fingerprint density at radius 2 is 2.17 bits per heavy atom. The van der Waals surface area contributed by atoms with Crippen molar-refractivity contribution in [1.82, 2.24) is 14.6 Å². The number of nitrogens with zero attached hydrogens (tertiary/aromatic N) is 3. The molecule has 0 saturated heterocycles. The lowest BCUT2D eigenvalue weighted by molar-refractivity contribution is 0.0634. The number of nitrogens with one attached hydrogen (secondary N) is 1. The molecule has 0 atom stereocenters. The number of amides is 1. The summed E-state index contributed by atoms with van der Waals surface area (Å²) in [7, 11) is 0. The highest BCUT2D eigenvalue weighted by Crippen LogP contribution is 2.14. The minimum atomic E-state index is -0.575. The number of halogens is 1. The number of hydrogen-bond acceptors (Lipinski definition) is 4. The van der Waals surface area contributed by atoms with E-state index in [1.54, 1.807) is 31.4 Å². The van der Waals surface area contributed by atoms with E-state index in [-0.39, 0.29) is 5.95 Å². The molecule has 0 aromatic carbocycles. The Hall–Kier alpha value is -1.63. The van der Waals surface area contributed by atoms with Crippen LogP contribution in [-0.4, -0.2) is 26.3 Å². The summed E-state index contributed by atoms with van der Waals surface area (Å²) < 4.78 is 7.45. The average molecular weight is 313 g/mol. The van der Waals surface area contributed by atoms with Crippen molar-refractivity contribution in [2.75, 3.05) is 5.32 Å². The molecule has 2 aromatic heterocycles. The van der Waals surface area contributed by atoms with E-state index in [2.05, 4.69) is 31.3 Å². The van der Waals surface area contributed by atoms with E-state index in [0.29, 0.717) is 5.65 Å². The molecule has 0 aliphatic carbocycles. The highest BCUT2D eigenvalue weighted by atomic mass is 79.9. The molecule has 2 rings (SSSR count). The summed E-state index contributed by atoms with van der Waals surface area (Å²) in [5.74, 6) is 0.205. The Balaban J connectivity index is 2.18. The summed E-state index contributed by atoms with van der Waals surface area (Å²) in [6.07, 6.45) is -0.575. The van der Waals surface area contributed by atoms with Crippen LogP contribution in [0.15, 0.2) is 22.8 Å². The van der Waals surface area contributed by atoms with Gasteiger partial charge >= 0.3 is 6.09 Å². The number of ether oxygens (including phenoxy) is 1. The monoisotopic (exact) mass is 312 g/mol. The lowest BCUT2D eigenvalue weighted by atomic mass is 10.2. The molecule has 0 saturated carbocycles. The van der Waals surface area contributed by atoms with E-state index in [0.717, 1.165) is 4.60 Å². The van der Waals surface area contributed by atoms with Crippen molar-refractivity contribution in [3.05, 3.63) is 22.8 Å². The Bertz CT molecular complexity index is 588.